The molecule has 0 spiro atoms. The zero-order chi connectivity index (χ0) is 18.5. The monoisotopic (exact) mass is 386 g/mol. The van der Waals surface area contributed by atoms with Crippen molar-refractivity contribution in [3.05, 3.63) is 59.0 Å². The second kappa shape index (κ2) is 7.95. The lowest BCUT2D eigenvalue weighted by Gasteiger charge is -2.06. The third-order valence-electron chi connectivity index (χ3n) is 3.26. The topological polar surface area (TPSA) is 66.9 Å². The summed E-state index contributed by atoms with van der Waals surface area (Å²) >= 11 is 7.21. The summed E-state index contributed by atoms with van der Waals surface area (Å²) in [5, 5.41) is 6.50. The molecule has 3 rings (SSSR count). The molecule has 0 atom stereocenters. The van der Waals surface area contributed by atoms with Crippen LogP contribution in [0.25, 0.3) is 10.2 Å². The van der Waals surface area contributed by atoms with Gasteiger partial charge in [-0.2, -0.15) is 0 Å². The Labute approximate surface area is 157 Å². The maximum Gasteiger partial charge on any atom is 0.244 e. The van der Waals surface area contributed by atoms with Crippen LogP contribution in [0.5, 0.6) is 0 Å². The average molecular weight is 387 g/mol. The fourth-order valence-corrected chi connectivity index (χ4v) is 3.12. The fourth-order valence-electron chi connectivity index (χ4n) is 2.06. The molecule has 0 fully saturated rings. The molecule has 1 amide bonds. The summed E-state index contributed by atoms with van der Waals surface area (Å²) in [6.45, 7) is 3.60. The molecule has 0 radical (unpaired) electrons. The van der Waals surface area contributed by atoms with Gasteiger partial charge in [0.05, 0.1) is 21.8 Å². The van der Waals surface area contributed by atoms with E-state index in [-0.39, 0.29) is 17.5 Å². The average Bonchev–Trinajstić information content (AvgIpc) is 3.05. The van der Waals surface area contributed by atoms with E-state index in [1.807, 2.05) is 6.07 Å². The van der Waals surface area contributed by atoms with Crippen LogP contribution in [0.15, 0.2) is 43.2 Å². The van der Waals surface area contributed by atoms with E-state index in [2.05, 4.69) is 39.0 Å². The van der Waals surface area contributed by atoms with Gasteiger partial charge in [0.25, 0.3) is 0 Å². The highest BCUT2D eigenvalue weighted by Gasteiger charge is 2.09. The predicted octanol–water partition coefficient (Wildman–Crippen LogP) is 3.88. The normalized spacial score (nSPS) is 10.1. The summed E-state index contributed by atoms with van der Waals surface area (Å²) in [6.07, 6.45) is 2.63. The number of hydrogen-bond donors (Lipinski definition) is 2. The van der Waals surface area contributed by atoms with Crippen molar-refractivity contribution in [2.24, 2.45) is 0 Å². The SMILES string of the molecule is C=CC(=O)NCC#Cc1cc2c(Nc3ccc(F)c(Cl)c3)ncnc2s1. The van der Waals surface area contributed by atoms with Crippen molar-refractivity contribution in [2.75, 3.05) is 11.9 Å². The molecule has 0 unspecified atom stereocenters. The number of rotatable bonds is 4. The zero-order valence-corrected chi connectivity index (χ0v) is 14.9. The molecule has 0 aliphatic heterocycles. The molecule has 0 aliphatic rings. The van der Waals surface area contributed by atoms with Gasteiger partial charge in [0.15, 0.2) is 0 Å². The Kier molecular flexibility index (Phi) is 5.46. The molecular weight excluding hydrogens is 375 g/mol. The van der Waals surface area contributed by atoms with E-state index < -0.39 is 5.82 Å². The minimum atomic E-state index is -0.485. The Morgan fingerprint density at radius 1 is 1.38 bits per heavy atom. The predicted molar refractivity (Wildman–Crippen MR) is 102 cm³/mol. The number of carbonyl (C=O) groups is 1. The molecule has 130 valence electrons. The van der Waals surface area contributed by atoms with Gasteiger partial charge in [0, 0.05) is 5.69 Å². The van der Waals surface area contributed by atoms with E-state index in [9.17, 15) is 9.18 Å². The third kappa shape index (κ3) is 4.17. The summed E-state index contributed by atoms with van der Waals surface area (Å²) in [5.41, 5.74) is 0.613. The highest BCUT2D eigenvalue weighted by atomic mass is 35.5. The lowest BCUT2D eigenvalue weighted by Crippen LogP contribution is -2.20. The van der Waals surface area contributed by atoms with Crippen LogP contribution in [0, 0.1) is 17.7 Å². The Hall–Kier alpha value is -2.95. The Bertz CT molecular complexity index is 1050. The number of aromatic nitrogens is 2. The fraction of sp³-hybridized carbons (Fsp3) is 0.0556. The van der Waals surface area contributed by atoms with Gasteiger partial charge in [-0.1, -0.05) is 30.0 Å². The molecule has 3 aromatic rings. The number of benzene rings is 1. The highest BCUT2D eigenvalue weighted by Crippen LogP contribution is 2.30. The summed E-state index contributed by atoms with van der Waals surface area (Å²) in [4.78, 5) is 21.1. The number of nitrogens with zero attached hydrogens (tertiary/aromatic N) is 2. The van der Waals surface area contributed by atoms with Crippen LogP contribution in [0.2, 0.25) is 5.02 Å². The lowest BCUT2D eigenvalue weighted by atomic mass is 10.3. The van der Waals surface area contributed by atoms with Crippen LogP contribution >= 0.6 is 22.9 Å². The maximum absolute atomic E-state index is 13.3. The number of thiophene rings is 1. The van der Waals surface area contributed by atoms with Crippen LogP contribution in [0.1, 0.15) is 4.88 Å². The molecular formula is C18H12ClFN4OS. The largest absolute Gasteiger partial charge is 0.342 e. The lowest BCUT2D eigenvalue weighted by molar-refractivity contribution is -0.116. The molecule has 5 nitrogen and oxygen atoms in total. The Morgan fingerprint density at radius 2 is 2.23 bits per heavy atom. The Morgan fingerprint density at radius 3 is 3.00 bits per heavy atom. The van der Waals surface area contributed by atoms with Crippen molar-refractivity contribution in [1.29, 1.82) is 0 Å². The minimum absolute atomic E-state index is 0.0266. The molecule has 26 heavy (non-hydrogen) atoms. The van der Waals surface area contributed by atoms with Crippen LogP contribution < -0.4 is 10.6 Å². The summed E-state index contributed by atoms with van der Waals surface area (Å²) in [7, 11) is 0. The number of anilines is 2. The third-order valence-corrected chi connectivity index (χ3v) is 4.51. The molecule has 0 saturated carbocycles. The first kappa shape index (κ1) is 17.9. The van der Waals surface area contributed by atoms with Crippen molar-refractivity contribution in [2.45, 2.75) is 0 Å². The number of fused-ring (bicyclic) bond motifs is 1. The second-order valence-corrected chi connectivity index (χ2v) is 6.47. The van der Waals surface area contributed by atoms with Gasteiger partial charge in [-0.05, 0) is 30.3 Å². The standard InChI is InChI=1S/C18H12ClFN4OS/c1-2-16(25)21-7-3-4-12-9-13-17(22-10-23-18(13)26-12)24-11-5-6-15(20)14(19)8-11/h2,5-6,8-10H,1,7H2,(H,21,25)(H,22,23,24). The Balaban J connectivity index is 1.83. The van der Waals surface area contributed by atoms with Gasteiger partial charge in [-0.15, -0.1) is 11.3 Å². The van der Waals surface area contributed by atoms with E-state index in [0.29, 0.717) is 11.5 Å². The molecule has 2 heterocycles. The molecule has 2 aromatic heterocycles. The van der Waals surface area contributed by atoms with Crippen LogP contribution in [-0.4, -0.2) is 22.4 Å². The van der Waals surface area contributed by atoms with E-state index in [4.69, 9.17) is 11.6 Å². The van der Waals surface area contributed by atoms with Crippen molar-refractivity contribution in [3.63, 3.8) is 0 Å². The quantitative estimate of drug-likeness (QED) is 0.527. The summed E-state index contributed by atoms with van der Waals surface area (Å²) in [6, 6.07) is 6.20. The smallest absolute Gasteiger partial charge is 0.244 e. The first-order valence-electron chi connectivity index (χ1n) is 7.42. The number of amides is 1. The zero-order valence-electron chi connectivity index (χ0n) is 13.3. The minimum Gasteiger partial charge on any atom is -0.342 e. The number of hydrogen-bond acceptors (Lipinski definition) is 5. The van der Waals surface area contributed by atoms with Gasteiger partial charge >= 0.3 is 0 Å². The molecule has 0 aliphatic carbocycles. The van der Waals surface area contributed by atoms with Crippen molar-refractivity contribution >= 4 is 50.6 Å². The number of carbonyl (C=O) groups excluding carboxylic acids is 1. The van der Waals surface area contributed by atoms with E-state index in [1.54, 1.807) is 6.07 Å². The van der Waals surface area contributed by atoms with Crippen molar-refractivity contribution in [1.82, 2.24) is 15.3 Å². The van der Waals surface area contributed by atoms with Crippen LogP contribution in [-0.2, 0) is 4.79 Å². The molecule has 8 heteroatoms. The van der Waals surface area contributed by atoms with Crippen LogP contribution in [0.4, 0.5) is 15.9 Å². The van der Waals surface area contributed by atoms with Gasteiger partial charge in [0.1, 0.15) is 22.8 Å². The van der Waals surface area contributed by atoms with E-state index in [1.165, 1.54) is 35.9 Å². The maximum atomic E-state index is 13.3. The first-order valence-corrected chi connectivity index (χ1v) is 8.62. The molecule has 2 N–H and O–H groups in total. The van der Waals surface area contributed by atoms with Gasteiger partial charge in [-0.25, -0.2) is 14.4 Å². The van der Waals surface area contributed by atoms with Gasteiger partial charge < -0.3 is 10.6 Å². The molecule has 0 bridgehead atoms. The molecule has 1 aromatic carbocycles. The summed E-state index contributed by atoms with van der Waals surface area (Å²) in [5.74, 6) is 5.65. The number of nitrogens with one attached hydrogen (secondary N) is 2. The van der Waals surface area contributed by atoms with Crippen molar-refractivity contribution in [3.8, 4) is 11.8 Å². The molecule has 0 saturated heterocycles. The summed E-state index contributed by atoms with van der Waals surface area (Å²) < 4.78 is 13.3. The van der Waals surface area contributed by atoms with E-state index in [0.717, 1.165) is 15.1 Å². The highest BCUT2D eigenvalue weighted by molar-refractivity contribution is 7.19. The number of halogens is 2. The van der Waals surface area contributed by atoms with Gasteiger partial charge in [0.2, 0.25) is 5.91 Å². The van der Waals surface area contributed by atoms with E-state index >= 15 is 0 Å². The second-order valence-electron chi connectivity index (χ2n) is 5.03. The first-order chi connectivity index (χ1) is 12.6. The van der Waals surface area contributed by atoms with Crippen LogP contribution in [0.3, 0.4) is 0 Å². The van der Waals surface area contributed by atoms with Gasteiger partial charge in [-0.3, -0.25) is 4.79 Å². The van der Waals surface area contributed by atoms with Crippen molar-refractivity contribution < 1.29 is 9.18 Å².